The van der Waals surface area contributed by atoms with Crippen LogP contribution in [0.25, 0.3) is 22.4 Å². The van der Waals surface area contributed by atoms with Gasteiger partial charge in [-0.3, -0.25) is 0 Å². The number of hydrogen-bond acceptors (Lipinski definition) is 4. The maximum Gasteiger partial charge on any atom is 0.163 e. The highest BCUT2D eigenvalue weighted by atomic mass is 35.5. The van der Waals surface area contributed by atoms with Crippen molar-refractivity contribution in [3.05, 3.63) is 70.6 Å². The summed E-state index contributed by atoms with van der Waals surface area (Å²) in [5.74, 6) is 1.35. The van der Waals surface area contributed by atoms with Crippen molar-refractivity contribution in [3.63, 3.8) is 0 Å². The Morgan fingerprint density at radius 3 is 2.72 bits per heavy atom. The second-order valence-electron chi connectivity index (χ2n) is 5.50. The van der Waals surface area contributed by atoms with Crippen molar-refractivity contribution in [1.29, 1.82) is 0 Å². The Kier molecular flexibility index (Phi) is 4.26. The number of nitrogens with zero attached hydrogens (tertiary/aromatic N) is 3. The third-order valence-electron chi connectivity index (χ3n) is 3.78. The van der Waals surface area contributed by atoms with Crippen molar-refractivity contribution in [2.75, 3.05) is 5.32 Å². The number of benzene rings is 1. The van der Waals surface area contributed by atoms with Gasteiger partial charge in [-0.05, 0) is 29.8 Å². The van der Waals surface area contributed by atoms with Gasteiger partial charge in [0.25, 0.3) is 0 Å². The number of aromatic nitrogens is 4. The van der Waals surface area contributed by atoms with E-state index in [1.54, 1.807) is 12.4 Å². The highest BCUT2D eigenvalue weighted by Crippen LogP contribution is 2.27. The summed E-state index contributed by atoms with van der Waals surface area (Å²) in [5, 5.41) is 5.48. The molecular formula is C18H17Cl2N5. The number of fused-ring (bicyclic) bond motifs is 1. The van der Waals surface area contributed by atoms with Gasteiger partial charge in [-0.1, -0.05) is 35.3 Å². The van der Waals surface area contributed by atoms with Crippen molar-refractivity contribution in [3.8, 4) is 11.4 Å². The summed E-state index contributed by atoms with van der Waals surface area (Å²) < 4.78 is 0. The molecule has 0 spiro atoms. The first kappa shape index (κ1) is 15.9. The van der Waals surface area contributed by atoms with E-state index >= 15 is 0 Å². The quantitative estimate of drug-likeness (QED) is 0.500. The summed E-state index contributed by atoms with van der Waals surface area (Å²) in [6, 6.07) is 11.4. The minimum absolute atomic E-state index is 0. The lowest BCUT2D eigenvalue weighted by atomic mass is 10.2. The molecule has 3 heterocycles. The van der Waals surface area contributed by atoms with Crippen LogP contribution in [0.15, 0.2) is 55.0 Å². The molecule has 4 aromatic rings. The molecule has 0 atom stereocenters. The second-order valence-corrected chi connectivity index (χ2v) is 6.37. The number of H-pyrrole nitrogens is 1. The summed E-state index contributed by atoms with van der Waals surface area (Å²) >= 11 is 12.0. The van der Waals surface area contributed by atoms with Crippen LogP contribution in [0.3, 0.4) is 0 Å². The zero-order chi connectivity index (χ0) is 17.2. The Morgan fingerprint density at radius 1 is 1.04 bits per heavy atom. The van der Waals surface area contributed by atoms with Gasteiger partial charge in [0.1, 0.15) is 11.5 Å². The van der Waals surface area contributed by atoms with Crippen molar-refractivity contribution in [1.82, 2.24) is 19.9 Å². The summed E-state index contributed by atoms with van der Waals surface area (Å²) in [7, 11) is 0. The van der Waals surface area contributed by atoms with Gasteiger partial charge in [0, 0.05) is 44.0 Å². The molecule has 25 heavy (non-hydrogen) atoms. The van der Waals surface area contributed by atoms with Crippen LogP contribution in [0.4, 0.5) is 5.82 Å². The fourth-order valence-electron chi connectivity index (χ4n) is 2.54. The van der Waals surface area contributed by atoms with Gasteiger partial charge in [0.05, 0.1) is 5.02 Å². The lowest BCUT2D eigenvalue weighted by Gasteiger charge is -2.07. The van der Waals surface area contributed by atoms with Crippen molar-refractivity contribution < 1.29 is 2.85 Å². The number of rotatable bonds is 4. The Hall–Kier alpha value is -2.63. The maximum atomic E-state index is 6.06. The SMILES string of the molecule is Clc1ccc(CNc2ccnc(-c3c[nH]c4ncc(Cl)cc34)n2)cc1.[HH].[HH]. The number of anilines is 1. The maximum absolute atomic E-state index is 6.06. The average Bonchev–Trinajstić information content (AvgIpc) is 3.04. The number of nitrogens with one attached hydrogen (secondary N) is 2. The predicted molar refractivity (Wildman–Crippen MR) is 105 cm³/mol. The second kappa shape index (κ2) is 6.70. The molecule has 0 radical (unpaired) electrons. The van der Waals surface area contributed by atoms with Crippen molar-refractivity contribution in [2.45, 2.75) is 6.54 Å². The van der Waals surface area contributed by atoms with Crippen molar-refractivity contribution >= 4 is 40.1 Å². The van der Waals surface area contributed by atoms with E-state index in [1.165, 1.54) is 0 Å². The van der Waals surface area contributed by atoms with E-state index in [2.05, 4.69) is 25.3 Å². The molecule has 7 heteroatoms. The number of aromatic amines is 1. The zero-order valence-electron chi connectivity index (χ0n) is 13.0. The fourth-order valence-corrected chi connectivity index (χ4v) is 2.83. The molecule has 2 N–H and O–H groups in total. The van der Waals surface area contributed by atoms with Crippen LogP contribution in [0.1, 0.15) is 8.42 Å². The monoisotopic (exact) mass is 373 g/mol. The molecule has 0 unspecified atom stereocenters. The average molecular weight is 374 g/mol. The van der Waals surface area contributed by atoms with E-state index in [1.807, 2.05) is 42.6 Å². The van der Waals surface area contributed by atoms with Crippen LogP contribution < -0.4 is 5.32 Å². The Bertz CT molecular complexity index is 1040. The van der Waals surface area contributed by atoms with Gasteiger partial charge in [-0.25, -0.2) is 15.0 Å². The Labute approximate surface area is 157 Å². The summed E-state index contributed by atoms with van der Waals surface area (Å²) in [4.78, 5) is 16.3. The molecule has 0 bridgehead atoms. The lowest BCUT2D eigenvalue weighted by Crippen LogP contribution is -2.02. The van der Waals surface area contributed by atoms with Crippen LogP contribution in [0.2, 0.25) is 10.0 Å². The van der Waals surface area contributed by atoms with Crippen LogP contribution >= 0.6 is 23.2 Å². The number of hydrogen-bond donors (Lipinski definition) is 2. The van der Waals surface area contributed by atoms with E-state index < -0.39 is 0 Å². The molecule has 128 valence electrons. The highest BCUT2D eigenvalue weighted by Gasteiger charge is 2.10. The minimum Gasteiger partial charge on any atom is -0.366 e. The molecule has 3 aromatic heterocycles. The fraction of sp³-hybridized carbons (Fsp3) is 0.0556. The largest absolute Gasteiger partial charge is 0.366 e. The molecule has 5 nitrogen and oxygen atoms in total. The molecule has 0 saturated carbocycles. The van der Waals surface area contributed by atoms with E-state index in [9.17, 15) is 0 Å². The predicted octanol–water partition coefficient (Wildman–Crippen LogP) is 5.43. The lowest BCUT2D eigenvalue weighted by molar-refractivity contribution is 1.09. The van der Waals surface area contributed by atoms with Gasteiger partial charge in [-0.2, -0.15) is 0 Å². The molecular weight excluding hydrogens is 357 g/mol. The van der Waals surface area contributed by atoms with Gasteiger partial charge in [-0.15, -0.1) is 0 Å². The smallest absolute Gasteiger partial charge is 0.163 e. The molecule has 0 aliphatic rings. The molecule has 4 rings (SSSR count). The van der Waals surface area contributed by atoms with Crippen LogP contribution in [-0.2, 0) is 6.54 Å². The highest BCUT2D eigenvalue weighted by molar-refractivity contribution is 6.31. The van der Waals surface area contributed by atoms with Crippen LogP contribution in [-0.4, -0.2) is 19.9 Å². The van der Waals surface area contributed by atoms with E-state index in [0.717, 1.165) is 33.0 Å². The van der Waals surface area contributed by atoms with Gasteiger partial charge in [0.2, 0.25) is 0 Å². The number of halogens is 2. The normalized spacial score (nSPS) is 11.0. The van der Waals surface area contributed by atoms with E-state index in [0.29, 0.717) is 17.4 Å². The third-order valence-corrected chi connectivity index (χ3v) is 4.24. The summed E-state index contributed by atoms with van der Waals surface area (Å²) in [6.45, 7) is 0.648. The van der Waals surface area contributed by atoms with Crippen LogP contribution in [0, 0.1) is 0 Å². The van der Waals surface area contributed by atoms with E-state index in [-0.39, 0.29) is 2.85 Å². The first-order valence-corrected chi connectivity index (χ1v) is 8.39. The molecule has 0 amide bonds. The van der Waals surface area contributed by atoms with E-state index in [4.69, 9.17) is 23.2 Å². The van der Waals surface area contributed by atoms with Gasteiger partial charge in [0.15, 0.2) is 5.82 Å². The summed E-state index contributed by atoms with van der Waals surface area (Å²) in [5.41, 5.74) is 2.73. The van der Waals surface area contributed by atoms with Gasteiger partial charge >= 0.3 is 0 Å². The topological polar surface area (TPSA) is 66.5 Å². The number of pyridine rings is 1. The standard InChI is InChI=1S/C18H13Cl2N5.2H2/c19-12-3-1-11(2-4-12)8-22-16-5-6-21-18(25-16)15-10-24-17-14(15)7-13(20)9-23-17;;/h1-7,9-10H,8H2,(H,23,24)(H,21,22,25);2*1H. The first-order chi connectivity index (χ1) is 12.2. The zero-order valence-corrected chi connectivity index (χ0v) is 14.5. The van der Waals surface area contributed by atoms with Crippen molar-refractivity contribution in [2.24, 2.45) is 0 Å². The minimum atomic E-state index is 0. The molecule has 0 saturated heterocycles. The third kappa shape index (κ3) is 3.43. The Morgan fingerprint density at radius 2 is 1.88 bits per heavy atom. The molecule has 0 fully saturated rings. The van der Waals surface area contributed by atoms with Gasteiger partial charge < -0.3 is 10.3 Å². The van der Waals surface area contributed by atoms with Crippen LogP contribution in [0.5, 0.6) is 0 Å². The first-order valence-electron chi connectivity index (χ1n) is 7.63. The molecule has 0 aliphatic heterocycles. The molecule has 1 aromatic carbocycles. The summed E-state index contributed by atoms with van der Waals surface area (Å²) in [6.07, 6.45) is 5.17. The molecule has 0 aliphatic carbocycles. The Balaban J connectivity index is 0.00000131.